The van der Waals surface area contributed by atoms with Gasteiger partial charge in [-0.2, -0.15) is 10.2 Å². The molecule has 0 bridgehead atoms. The molecule has 1 saturated heterocycles. The molecule has 0 aliphatic carbocycles. The van der Waals surface area contributed by atoms with Crippen LogP contribution in [0.5, 0.6) is 0 Å². The normalized spacial score (nSPS) is 18.6. The van der Waals surface area contributed by atoms with Crippen LogP contribution in [0.15, 0.2) is 18.3 Å². The van der Waals surface area contributed by atoms with Crippen molar-refractivity contribution in [2.75, 3.05) is 13.1 Å². The minimum absolute atomic E-state index is 0.0930. The maximum absolute atomic E-state index is 13.0. The number of likely N-dealkylation sites (tertiary alicyclic amines) is 1. The molecule has 1 N–H and O–H groups in total. The number of nitrogens with zero attached hydrogens (tertiary/aromatic N) is 4. The number of carbonyl (C=O) groups is 1. The predicted octanol–water partition coefficient (Wildman–Crippen LogP) is 2.77. The van der Waals surface area contributed by atoms with Crippen molar-refractivity contribution in [1.82, 2.24) is 24.9 Å². The van der Waals surface area contributed by atoms with Gasteiger partial charge in [0.05, 0.1) is 5.69 Å². The second-order valence-electron chi connectivity index (χ2n) is 6.53. The van der Waals surface area contributed by atoms with Crippen molar-refractivity contribution >= 4 is 5.91 Å². The summed E-state index contributed by atoms with van der Waals surface area (Å²) in [4.78, 5) is 14.9. The molecular weight excluding hydrogens is 290 g/mol. The molecule has 2 aromatic heterocycles. The first-order valence-electron chi connectivity index (χ1n) is 8.46. The van der Waals surface area contributed by atoms with Crippen LogP contribution in [0.3, 0.4) is 0 Å². The zero-order chi connectivity index (χ0) is 16.4. The number of aromatic amines is 1. The second kappa shape index (κ2) is 6.56. The summed E-state index contributed by atoms with van der Waals surface area (Å²) >= 11 is 0. The summed E-state index contributed by atoms with van der Waals surface area (Å²) in [6, 6.07) is 3.96. The standard InChI is InChI=1S/C17H25N5O/c1-4-22-16(10-15(20-22)12(2)3)17(23)21-9-5-6-13(11-21)14-7-8-18-19-14/h7-8,10,12-13H,4-6,9,11H2,1-3H3,(H,18,19)/t13-/m1/s1. The zero-order valence-corrected chi connectivity index (χ0v) is 14.1. The van der Waals surface area contributed by atoms with Crippen molar-refractivity contribution in [2.45, 2.75) is 52.0 Å². The van der Waals surface area contributed by atoms with Crippen molar-refractivity contribution in [3.05, 3.63) is 35.4 Å². The number of rotatable bonds is 4. The molecule has 0 unspecified atom stereocenters. The number of amides is 1. The van der Waals surface area contributed by atoms with Gasteiger partial charge in [-0.15, -0.1) is 0 Å². The molecule has 0 saturated carbocycles. The molecule has 0 aromatic carbocycles. The maximum Gasteiger partial charge on any atom is 0.272 e. The summed E-state index contributed by atoms with van der Waals surface area (Å²) in [5.74, 6) is 0.765. The highest BCUT2D eigenvalue weighted by molar-refractivity contribution is 5.92. The minimum Gasteiger partial charge on any atom is -0.337 e. The first-order chi connectivity index (χ1) is 11.1. The van der Waals surface area contributed by atoms with Gasteiger partial charge < -0.3 is 4.90 Å². The Morgan fingerprint density at radius 2 is 2.30 bits per heavy atom. The van der Waals surface area contributed by atoms with E-state index in [0.717, 1.165) is 37.3 Å². The number of hydrogen-bond acceptors (Lipinski definition) is 3. The lowest BCUT2D eigenvalue weighted by molar-refractivity contribution is 0.0693. The van der Waals surface area contributed by atoms with Gasteiger partial charge in [0.25, 0.3) is 5.91 Å². The lowest BCUT2D eigenvalue weighted by atomic mass is 9.94. The number of hydrogen-bond donors (Lipinski definition) is 1. The van der Waals surface area contributed by atoms with Crippen LogP contribution < -0.4 is 0 Å². The zero-order valence-electron chi connectivity index (χ0n) is 14.1. The van der Waals surface area contributed by atoms with Gasteiger partial charge in [-0.3, -0.25) is 14.6 Å². The first-order valence-corrected chi connectivity index (χ1v) is 8.46. The van der Waals surface area contributed by atoms with Gasteiger partial charge in [0.2, 0.25) is 0 Å². The van der Waals surface area contributed by atoms with E-state index in [1.54, 1.807) is 6.20 Å². The fourth-order valence-electron chi connectivity index (χ4n) is 3.20. The number of aryl methyl sites for hydroxylation is 1. The van der Waals surface area contributed by atoms with Crippen molar-refractivity contribution in [3.8, 4) is 0 Å². The summed E-state index contributed by atoms with van der Waals surface area (Å²) in [6.07, 6.45) is 3.89. The highest BCUT2D eigenvalue weighted by Gasteiger charge is 2.28. The van der Waals surface area contributed by atoms with Gasteiger partial charge in [0, 0.05) is 37.4 Å². The quantitative estimate of drug-likeness (QED) is 0.943. The molecule has 1 aliphatic rings. The molecule has 1 amide bonds. The Morgan fingerprint density at radius 1 is 1.48 bits per heavy atom. The summed E-state index contributed by atoms with van der Waals surface area (Å²) in [5.41, 5.74) is 2.81. The molecule has 3 heterocycles. The predicted molar refractivity (Wildman–Crippen MR) is 88.5 cm³/mol. The van der Waals surface area contributed by atoms with E-state index in [0.29, 0.717) is 24.1 Å². The lowest BCUT2D eigenvalue weighted by Gasteiger charge is -2.32. The second-order valence-corrected chi connectivity index (χ2v) is 6.53. The maximum atomic E-state index is 13.0. The van der Waals surface area contributed by atoms with E-state index in [2.05, 4.69) is 29.1 Å². The first kappa shape index (κ1) is 15.8. The Balaban J connectivity index is 1.79. The van der Waals surface area contributed by atoms with Crippen LogP contribution in [-0.4, -0.2) is 43.9 Å². The molecule has 2 aromatic rings. The molecule has 124 valence electrons. The summed E-state index contributed by atoms with van der Waals surface area (Å²) in [7, 11) is 0. The van der Waals surface area contributed by atoms with Crippen LogP contribution in [0.4, 0.5) is 0 Å². The van der Waals surface area contributed by atoms with Gasteiger partial charge in [0.1, 0.15) is 5.69 Å². The van der Waals surface area contributed by atoms with Gasteiger partial charge in [0.15, 0.2) is 0 Å². The van der Waals surface area contributed by atoms with E-state index < -0.39 is 0 Å². The molecule has 6 heteroatoms. The van der Waals surface area contributed by atoms with E-state index in [4.69, 9.17) is 0 Å². The fourth-order valence-corrected chi connectivity index (χ4v) is 3.20. The van der Waals surface area contributed by atoms with Crippen LogP contribution in [0, 0.1) is 0 Å². The van der Waals surface area contributed by atoms with Crippen LogP contribution >= 0.6 is 0 Å². The third kappa shape index (κ3) is 3.16. The molecule has 1 aliphatic heterocycles. The molecular formula is C17H25N5O. The molecule has 1 fully saturated rings. The average Bonchev–Trinajstić information content (AvgIpc) is 3.23. The molecule has 1 atom stereocenters. The third-order valence-electron chi connectivity index (χ3n) is 4.58. The topological polar surface area (TPSA) is 66.8 Å². The van der Waals surface area contributed by atoms with Crippen LogP contribution in [0.2, 0.25) is 0 Å². The van der Waals surface area contributed by atoms with Crippen molar-refractivity contribution < 1.29 is 4.79 Å². The van der Waals surface area contributed by atoms with E-state index in [9.17, 15) is 4.79 Å². The van der Waals surface area contributed by atoms with Gasteiger partial charge >= 0.3 is 0 Å². The molecule has 3 rings (SSSR count). The number of nitrogens with one attached hydrogen (secondary N) is 1. The van der Waals surface area contributed by atoms with E-state index >= 15 is 0 Å². The molecule has 0 spiro atoms. The molecule has 6 nitrogen and oxygen atoms in total. The Morgan fingerprint density at radius 3 is 2.96 bits per heavy atom. The van der Waals surface area contributed by atoms with Crippen molar-refractivity contribution in [3.63, 3.8) is 0 Å². The third-order valence-corrected chi connectivity index (χ3v) is 4.58. The van der Waals surface area contributed by atoms with E-state index in [-0.39, 0.29) is 5.91 Å². The average molecular weight is 315 g/mol. The highest BCUT2D eigenvalue weighted by atomic mass is 16.2. The Kier molecular flexibility index (Phi) is 4.50. The molecule has 23 heavy (non-hydrogen) atoms. The number of H-pyrrole nitrogens is 1. The van der Waals surface area contributed by atoms with Gasteiger partial charge in [-0.05, 0) is 37.8 Å². The summed E-state index contributed by atoms with van der Waals surface area (Å²) in [6.45, 7) is 8.50. The Hall–Kier alpha value is -2.11. The summed E-state index contributed by atoms with van der Waals surface area (Å²) < 4.78 is 1.83. The number of aromatic nitrogens is 4. The van der Waals surface area contributed by atoms with Crippen molar-refractivity contribution in [1.29, 1.82) is 0 Å². The monoisotopic (exact) mass is 315 g/mol. The SMILES string of the molecule is CCn1nc(C(C)C)cc1C(=O)N1CCC[C@@H](c2ccn[nH]2)C1. The van der Waals surface area contributed by atoms with Gasteiger partial charge in [-0.1, -0.05) is 13.8 Å². The smallest absolute Gasteiger partial charge is 0.272 e. The largest absolute Gasteiger partial charge is 0.337 e. The highest BCUT2D eigenvalue weighted by Crippen LogP contribution is 2.26. The fraction of sp³-hybridized carbons (Fsp3) is 0.588. The minimum atomic E-state index is 0.0930. The lowest BCUT2D eigenvalue weighted by Crippen LogP contribution is -2.40. The van der Waals surface area contributed by atoms with Crippen LogP contribution in [0.1, 0.15) is 67.3 Å². The van der Waals surface area contributed by atoms with E-state index in [1.165, 1.54) is 0 Å². The van der Waals surface area contributed by atoms with E-state index in [1.807, 2.05) is 28.6 Å². The van der Waals surface area contributed by atoms with Crippen molar-refractivity contribution in [2.24, 2.45) is 0 Å². The summed E-state index contributed by atoms with van der Waals surface area (Å²) in [5, 5.41) is 11.6. The van der Waals surface area contributed by atoms with Crippen LogP contribution in [-0.2, 0) is 6.54 Å². The van der Waals surface area contributed by atoms with Crippen LogP contribution in [0.25, 0.3) is 0 Å². The number of piperidine rings is 1. The number of carbonyl (C=O) groups excluding carboxylic acids is 1. The van der Waals surface area contributed by atoms with Gasteiger partial charge in [-0.25, -0.2) is 0 Å². The Labute approximate surface area is 136 Å². The molecule has 0 radical (unpaired) electrons. The Bertz CT molecular complexity index is 659.